The highest BCUT2D eigenvalue weighted by Gasteiger charge is 2.33. The molecule has 1 saturated heterocycles. The van der Waals surface area contributed by atoms with Gasteiger partial charge in [-0.1, -0.05) is 34.0 Å². The summed E-state index contributed by atoms with van der Waals surface area (Å²) >= 11 is 6.78. The molecule has 148 valence electrons. The number of nitrogens with zero attached hydrogens (tertiary/aromatic N) is 1. The molecular formula is C21H16Br2N2O4. The molecule has 29 heavy (non-hydrogen) atoms. The van der Waals surface area contributed by atoms with E-state index in [-0.39, 0.29) is 18.8 Å². The van der Waals surface area contributed by atoms with Gasteiger partial charge in [0, 0.05) is 4.47 Å². The minimum absolute atomic E-state index is 0.0922. The number of methoxy groups -OCH3 is 1. The molecule has 0 spiro atoms. The van der Waals surface area contributed by atoms with Crippen molar-refractivity contribution in [2.45, 2.75) is 6.54 Å². The molecule has 3 rings (SSSR count). The van der Waals surface area contributed by atoms with Crippen LogP contribution in [0.2, 0.25) is 0 Å². The zero-order valence-electron chi connectivity index (χ0n) is 15.4. The van der Waals surface area contributed by atoms with Crippen LogP contribution in [0, 0.1) is 12.3 Å². The van der Waals surface area contributed by atoms with Crippen LogP contribution in [-0.2, 0) is 11.3 Å². The number of benzene rings is 2. The SMILES string of the molecule is C#CCOc1c(Br)cc(C=C2NC(=O)N(Cc3ccc(Br)cc3)C2=O)cc1OC. The van der Waals surface area contributed by atoms with Gasteiger partial charge in [-0.3, -0.25) is 9.69 Å². The molecule has 1 aliphatic heterocycles. The van der Waals surface area contributed by atoms with E-state index in [1.165, 1.54) is 7.11 Å². The van der Waals surface area contributed by atoms with Crippen molar-refractivity contribution < 1.29 is 19.1 Å². The lowest BCUT2D eigenvalue weighted by atomic mass is 10.1. The number of terminal acetylenes is 1. The second-order valence-corrected chi connectivity index (χ2v) is 7.80. The maximum Gasteiger partial charge on any atom is 0.329 e. The zero-order chi connectivity index (χ0) is 21.0. The Morgan fingerprint density at radius 1 is 1.21 bits per heavy atom. The van der Waals surface area contributed by atoms with Crippen LogP contribution >= 0.6 is 31.9 Å². The Morgan fingerprint density at radius 3 is 2.59 bits per heavy atom. The summed E-state index contributed by atoms with van der Waals surface area (Å²) in [5, 5.41) is 2.62. The fraction of sp³-hybridized carbons (Fsp3) is 0.143. The van der Waals surface area contributed by atoms with E-state index in [2.05, 4.69) is 43.1 Å². The summed E-state index contributed by atoms with van der Waals surface area (Å²) in [6, 6.07) is 10.4. The van der Waals surface area contributed by atoms with Crippen molar-refractivity contribution in [3.05, 3.63) is 62.2 Å². The number of hydrogen-bond donors (Lipinski definition) is 1. The lowest BCUT2D eigenvalue weighted by Gasteiger charge is -2.12. The van der Waals surface area contributed by atoms with Gasteiger partial charge in [0.25, 0.3) is 5.91 Å². The number of hydrogen-bond acceptors (Lipinski definition) is 4. The van der Waals surface area contributed by atoms with Crippen LogP contribution in [0.15, 0.2) is 51.0 Å². The Hall–Kier alpha value is -2.76. The Balaban J connectivity index is 1.84. The maximum atomic E-state index is 12.7. The van der Waals surface area contributed by atoms with Gasteiger partial charge in [-0.15, -0.1) is 6.42 Å². The van der Waals surface area contributed by atoms with E-state index in [4.69, 9.17) is 15.9 Å². The quantitative estimate of drug-likeness (QED) is 0.350. The van der Waals surface area contributed by atoms with Crippen LogP contribution in [0.5, 0.6) is 11.5 Å². The van der Waals surface area contributed by atoms with Crippen molar-refractivity contribution in [3.8, 4) is 23.8 Å². The largest absolute Gasteiger partial charge is 0.493 e. The van der Waals surface area contributed by atoms with Crippen LogP contribution in [0.4, 0.5) is 4.79 Å². The zero-order valence-corrected chi connectivity index (χ0v) is 18.5. The summed E-state index contributed by atoms with van der Waals surface area (Å²) in [5.74, 6) is 2.91. The maximum absolute atomic E-state index is 12.7. The molecular weight excluding hydrogens is 504 g/mol. The van der Waals surface area contributed by atoms with Gasteiger partial charge in [-0.25, -0.2) is 4.79 Å². The van der Waals surface area contributed by atoms with Crippen LogP contribution in [0.3, 0.4) is 0 Å². The number of nitrogens with one attached hydrogen (secondary N) is 1. The summed E-state index contributed by atoms with van der Waals surface area (Å²) in [5.41, 5.74) is 1.67. The smallest absolute Gasteiger partial charge is 0.329 e. The average Bonchev–Trinajstić information content (AvgIpc) is 2.95. The highest BCUT2D eigenvalue weighted by atomic mass is 79.9. The van der Waals surface area contributed by atoms with Crippen molar-refractivity contribution in [2.24, 2.45) is 0 Å². The van der Waals surface area contributed by atoms with E-state index in [1.807, 2.05) is 24.3 Å². The molecule has 2 aromatic rings. The lowest BCUT2D eigenvalue weighted by Crippen LogP contribution is -2.30. The molecule has 0 aliphatic carbocycles. The molecule has 1 aliphatic rings. The van der Waals surface area contributed by atoms with Crippen LogP contribution < -0.4 is 14.8 Å². The number of ether oxygens (including phenoxy) is 2. The van der Waals surface area contributed by atoms with Gasteiger partial charge in [-0.2, -0.15) is 0 Å². The van der Waals surface area contributed by atoms with Gasteiger partial charge < -0.3 is 14.8 Å². The normalized spacial score (nSPS) is 14.7. The molecule has 0 radical (unpaired) electrons. The third-order valence-electron chi connectivity index (χ3n) is 4.08. The summed E-state index contributed by atoms with van der Waals surface area (Å²) in [7, 11) is 1.50. The fourth-order valence-corrected chi connectivity index (χ4v) is 3.57. The summed E-state index contributed by atoms with van der Waals surface area (Å²) in [6.07, 6.45) is 6.82. The van der Waals surface area contributed by atoms with E-state index in [9.17, 15) is 9.59 Å². The third kappa shape index (κ3) is 4.81. The first-order chi connectivity index (χ1) is 13.9. The molecule has 0 atom stereocenters. The van der Waals surface area contributed by atoms with Crippen molar-refractivity contribution >= 4 is 49.9 Å². The van der Waals surface area contributed by atoms with Crippen LogP contribution in [0.25, 0.3) is 6.08 Å². The molecule has 3 amide bonds. The monoisotopic (exact) mass is 518 g/mol. The number of amides is 3. The standard InChI is InChI=1S/C21H16Br2N2O4/c1-3-8-29-19-16(23)9-14(11-18(19)28-2)10-17-20(26)25(21(27)24-17)12-13-4-6-15(22)7-5-13/h1,4-7,9-11H,8,12H2,2H3,(H,24,27). The third-order valence-corrected chi connectivity index (χ3v) is 5.20. The molecule has 0 aromatic heterocycles. The second kappa shape index (κ2) is 9.16. The Labute approximate surface area is 185 Å². The summed E-state index contributed by atoms with van der Waals surface area (Å²) < 4.78 is 12.4. The number of halogens is 2. The minimum Gasteiger partial charge on any atom is -0.493 e. The van der Waals surface area contributed by atoms with Gasteiger partial charge in [0.1, 0.15) is 12.3 Å². The predicted octanol–water partition coefficient (Wildman–Crippen LogP) is 4.33. The molecule has 2 aromatic carbocycles. The van der Waals surface area contributed by atoms with Gasteiger partial charge >= 0.3 is 6.03 Å². The highest BCUT2D eigenvalue weighted by Crippen LogP contribution is 2.37. The first kappa shape index (κ1) is 21.0. The van der Waals surface area contributed by atoms with Crippen molar-refractivity contribution in [2.75, 3.05) is 13.7 Å². The average molecular weight is 520 g/mol. The first-order valence-electron chi connectivity index (χ1n) is 8.45. The van der Waals surface area contributed by atoms with Crippen LogP contribution in [-0.4, -0.2) is 30.6 Å². The summed E-state index contributed by atoms with van der Waals surface area (Å²) in [4.78, 5) is 26.2. The number of carbonyl (C=O) groups excluding carboxylic acids is 2. The number of rotatable bonds is 6. The van der Waals surface area contributed by atoms with E-state index in [0.717, 1.165) is 14.9 Å². The molecule has 1 N–H and O–H groups in total. The fourth-order valence-electron chi connectivity index (χ4n) is 2.73. The first-order valence-corrected chi connectivity index (χ1v) is 10.0. The number of carbonyl (C=O) groups is 2. The van der Waals surface area contributed by atoms with Gasteiger partial charge in [0.15, 0.2) is 11.5 Å². The molecule has 8 heteroatoms. The van der Waals surface area contributed by atoms with Gasteiger partial charge in [0.2, 0.25) is 0 Å². The second-order valence-electron chi connectivity index (χ2n) is 6.03. The van der Waals surface area contributed by atoms with Gasteiger partial charge in [-0.05, 0) is 57.4 Å². The van der Waals surface area contributed by atoms with Crippen molar-refractivity contribution in [1.82, 2.24) is 10.2 Å². The number of urea groups is 1. The Bertz CT molecular complexity index is 1030. The van der Waals surface area contributed by atoms with E-state index < -0.39 is 11.9 Å². The lowest BCUT2D eigenvalue weighted by molar-refractivity contribution is -0.123. The highest BCUT2D eigenvalue weighted by molar-refractivity contribution is 9.10. The van der Waals surface area contributed by atoms with E-state index >= 15 is 0 Å². The van der Waals surface area contributed by atoms with E-state index in [1.54, 1.807) is 18.2 Å². The Kier molecular flexibility index (Phi) is 6.62. The topological polar surface area (TPSA) is 67.9 Å². The Morgan fingerprint density at radius 2 is 1.93 bits per heavy atom. The minimum atomic E-state index is -0.468. The predicted molar refractivity (Wildman–Crippen MR) is 116 cm³/mol. The summed E-state index contributed by atoms with van der Waals surface area (Å²) in [6.45, 7) is 0.274. The molecule has 0 bridgehead atoms. The number of imide groups is 1. The molecule has 6 nitrogen and oxygen atoms in total. The van der Waals surface area contributed by atoms with Crippen LogP contribution in [0.1, 0.15) is 11.1 Å². The van der Waals surface area contributed by atoms with Crippen molar-refractivity contribution in [3.63, 3.8) is 0 Å². The molecule has 1 heterocycles. The molecule has 0 saturated carbocycles. The van der Waals surface area contributed by atoms with Crippen molar-refractivity contribution in [1.29, 1.82) is 0 Å². The van der Waals surface area contributed by atoms with E-state index in [0.29, 0.717) is 21.5 Å². The molecule has 1 fully saturated rings. The van der Waals surface area contributed by atoms with Gasteiger partial charge in [0.05, 0.1) is 18.1 Å². The molecule has 0 unspecified atom stereocenters.